The minimum Gasteiger partial charge on any atom is -0.497 e. The fourth-order valence-electron chi connectivity index (χ4n) is 6.02. The predicted octanol–water partition coefficient (Wildman–Crippen LogP) is 4.44. The molecule has 10 nitrogen and oxygen atoms in total. The number of carbonyl (C=O) groups is 3. The van der Waals surface area contributed by atoms with Gasteiger partial charge in [0.15, 0.2) is 0 Å². The van der Waals surface area contributed by atoms with Crippen LogP contribution in [0, 0.1) is 34.8 Å². The molecule has 4 atom stereocenters. The van der Waals surface area contributed by atoms with E-state index in [0.717, 1.165) is 22.1 Å². The summed E-state index contributed by atoms with van der Waals surface area (Å²) < 4.78 is 16.1. The van der Waals surface area contributed by atoms with Crippen LogP contribution in [0.2, 0.25) is 0 Å². The van der Waals surface area contributed by atoms with E-state index >= 15 is 0 Å². The van der Waals surface area contributed by atoms with Crippen molar-refractivity contribution in [1.82, 2.24) is 0 Å². The average Bonchev–Trinajstić information content (AvgIpc) is 3.21. The van der Waals surface area contributed by atoms with E-state index in [4.69, 9.17) is 14.2 Å². The number of imide groups is 1. The number of ether oxygens (including phenoxy) is 3. The van der Waals surface area contributed by atoms with Gasteiger partial charge in [-0.05, 0) is 54.0 Å². The molecule has 1 aliphatic carbocycles. The number of aryl methyl sites for hydroxylation is 1. The smallest absolute Gasteiger partial charge is 0.319 e. The van der Waals surface area contributed by atoms with Crippen LogP contribution in [-0.4, -0.2) is 36.9 Å². The van der Waals surface area contributed by atoms with Gasteiger partial charge in [0.1, 0.15) is 22.9 Å². The molecule has 6 rings (SSSR count). The van der Waals surface area contributed by atoms with E-state index in [1.54, 1.807) is 25.3 Å². The largest absolute Gasteiger partial charge is 0.497 e. The molecule has 10 heteroatoms. The molecule has 1 saturated heterocycles. The third-order valence-corrected chi connectivity index (χ3v) is 7.87. The SMILES string of the molecule is COc1ccc([C@@H]2C=C3c4ccc(C)cc4OC(=O)[C@@H]3[C@@H]3C(=O)N(c4ccc(OC)cc4[N+](=O)[O-])C(=O)[C@@H]32)cc1. The van der Waals surface area contributed by atoms with Crippen LogP contribution in [0.5, 0.6) is 17.2 Å². The van der Waals surface area contributed by atoms with Gasteiger partial charge in [-0.2, -0.15) is 0 Å². The summed E-state index contributed by atoms with van der Waals surface area (Å²) in [7, 11) is 2.91. The first-order chi connectivity index (χ1) is 19.2. The second-order valence-electron chi connectivity index (χ2n) is 9.99. The number of amides is 2. The molecule has 0 unspecified atom stereocenters. The molecule has 2 heterocycles. The number of anilines is 1. The van der Waals surface area contributed by atoms with Gasteiger partial charge < -0.3 is 14.2 Å². The molecule has 202 valence electrons. The van der Waals surface area contributed by atoms with Crippen LogP contribution in [0.25, 0.3) is 5.57 Å². The van der Waals surface area contributed by atoms with Crippen LogP contribution in [0.4, 0.5) is 11.4 Å². The Kier molecular flexibility index (Phi) is 5.90. The van der Waals surface area contributed by atoms with E-state index in [0.29, 0.717) is 22.6 Å². The number of benzene rings is 3. The predicted molar refractivity (Wildman–Crippen MR) is 143 cm³/mol. The first-order valence-electron chi connectivity index (χ1n) is 12.6. The molecule has 3 aliphatic rings. The van der Waals surface area contributed by atoms with Crippen molar-refractivity contribution in [3.63, 3.8) is 0 Å². The zero-order valence-electron chi connectivity index (χ0n) is 21.8. The highest BCUT2D eigenvalue weighted by Crippen LogP contribution is 2.55. The van der Waals surface area contributed by atoms with Gasteiger partial charge in [-0.1, -0.05) is 30.3 Å². The van der Waals surface area contributed by atoms with E-state index in [9.17, 15) is 24.5 Å². The summed E-state index contributed by atoms with van der Waals surface area (Å²) in [6.07, 6.45) is 1.86. The Bertz CT molecular complexity index is 1630. The Balaban J connectivity index is 1.54. The Hall–Kier alpha value is -4.99. The zero-order valence-corrected chi connectivity index (χ0v) is 21.8. The number of nitro benzene ring substituents is 1. The molecule has 0 aromatic heterocycles. The maximum Gasteiger partial charge on any atom is 0.319 e. The Morgan fingerprint density at radius 1 is 0.875 bits per heavy atom. The number of esters is 1. The lowest BCUT2D eigenvalue weighted by atomic mass is 9.64. The molecule has 0 spiro atoms. The first kappa shape index (κ1) is 25.3. The third kappa shape index (κ3) is 3.75. The molecule has 0 saturated carbocycles. The van der Waals surface area contributed by atoms with Gasteiger partial charge in [0.05, 0.1) is 43.0 Å². The molecule has 0 bridgehead atoms. The van der Waals surface area contributed by atoms with E-state index in [1.165, 1.54) is 19.2 Å². The fourth-order valence-corrected chi connectivity index (χ4v) is 6.02. The van der Waals surface area contributed by atoms with E-state index in [2.05, 4.69) is 0 Å². The lowest BCUT2D eigenvalue weighted by Gasteiger charge is -2.38. The monoisotopic (exact) mass is 540 g/mol. The first-order valence-corrected chi connectivity index (χ1v) is 12.6. The summed E-state index contributed by atoms with van der Waals surface area (Å²) in [5.41, 5.74) is 2.27. The molecular weight excluding hydrogens is 516 g/mol. The minimum atomic E-state index is -1.12. The lowest BCUT2D eigenvalue weighted by Crippen LogP contribution is -2.42. The number of hydrogen-bond acceptors (Lipinski definition) is 8. The summed E-state index contributed by atoms with van der Waals surface area (Å²) in [5.74, 6) is -4.50. The summed E-state index contributed by atoms with van der Waals surface area (Å²) >= 11 is 0. The van der Waals surface area contributed by atoms with Crippen LogP contribution in [0.3, 0.4) is 0 Å². The van der Waals surface area contributed by atoms with Gasteiger partial charge in [0, 0.05) is 11.5 Å². The molecule has 1 fully saturated rings. The van der Waals surface area contributed by atoms with Crippen molar-refractivity contribution in [2.24, 2.45) is 17.8 Å². The highest BCUT2D eigenvalue weighted by molar-refractivity contribution is 6.25. The molecular formula is C30H24N2O8. The van der Waals surface area contributed by atoms with Gasteiger partial charge in [0.2, 0.25) is 11.8 Å². The van der Waals surface area contributed by atoms with Crippen molar-refractivity contribution in [3.8, 4) is 17.2 Å². The van der Waals surface area contributed by atoms with Gasteiger partial charge in [-0.3, -0.25) is 24.5 Å². The molecule has 2 amide bonds. The fraction of sp³-hybridized carbons (Fsp3) is 0.233. The zero-order chi connectivity index (χ0) is 28.3. The molecule has 40 heavy (non-hydrogen) atoms. The number of methoxy groups -OCH3 is 2. The Labute approximate surface area is 228 Å². The van der Waals surface area contributed by atoms with Crippen LogP contribution >= 0.6 is 0 Å². The van der Waals surface area contributed by atoms with Crippen molar-refractivity contribution in [3.05, 3.63) is 93.5 Å². The second kappa shape index (κ2) is 9.33. The summed E-state index contributed by atoms with van der Waals surface area (Å²) in [4.78, 5) is 53.8. The highest BCUT2D eigenvalue weighted by Gasteiger charge is 2.61. The van der Waals surface area contributed by atoms with E-state index in [-0.39, 0.29) is 11.4 Å². The maximum absolute atomic E-state index is 14.1. The van der Waals surface area contributed by atoms with Crippen LogP contribution in [-0.2, 0) is 14.4 Å². The van der Waals surface area contributed by atoms with Gasteiger partial charge in [-0.25, -0.2) is 4.90 Å². The summed E-state index contributed by atoms with van der Waals surface area (Å²) in [5, 5.41) is 12.0. The molecule has 0 radical (unpaired) electrons. The maximum atomic E-state index is 14.1. The van der Waals surface area contributed by atoms with Crippen LogP contribution in [0.15, 0.2) is 66.7 Å². The molecule has 3 aromatic carbocycles. The standard InChI is InChI=1S/C30H24N2O8/c1-15-4-10-19-21-14-20(16-5-7-17(38-2)8-6-16)25-27(26(21)30(35)40-24(19)12-15)29(34)31(28(25)33)22-11-9-18(39-3)13-23(22)32(36)37/h4-14,20,25-27H,1-3H3/t20-,25+,26-,27+/m0/s1. The number of allylic oxidation sites excluding steroid dienone is 1. The van der Waals surface area contributed by atoms with Crippen LogP contribution in [0.1, 0.15) is 22.6 Å². The van der Waals surface area contributed by atoms with E-state index in [1.807, 2.05) is 37.3 Å². The quantitative estimate of drug-likeness (QED) is 0.153. The van der Waals surface area contributed by atoms with Gasteiger partial charge in [0.25, 0.3) is 5.69 Å². The number of nitrogens with zero attached hydrogens (tertiary/aromatic N) is 2. The van der Waals surface area contributed by atoms with Crippen molar-refractivity contribution in [2.45, 2.75) is 12.8 Å². The highest BCUT2D eigenvalue weighted by atomic mass is 16.6. The van der Waals surface area contributed by atoms with Gasteiger partial charge in [-0.15, -0.1) is 0 Å². The summed E-state index contributed by atoms with van der Waals surface area (Å²) in [6, 6.07) is 16.6. The van der Waals surface area contributed by atoms with Gasteiger partial charge >= 0.3 is 5.97 Å². The van der Waals surface area contributed by atoms with Crippen LogP contribution < -0.4 is 19.1 Å². The number of fused-ring (bicyclic) bond motifs is 5. The van der Waals surface area contributed by atoms with Crippen molar-refractivity contribution in [1.29, 1.82) is 0 Å². The minimum absolute atomic E-state index is 0.176. The Morgan fingerprint density at radius 2 is 1.55 bits per heavy atom. The summed E-state index contributed by atoms with van der Waals surface area (Å²) in [6.45, 7) is 1.88. The number of carbonyl (C=O) groups excluding carboxylic acids is 3. The number of hydrogen-bond donors (Lipinski definition) is 0. The Morgan fingerprint density at radius 3 is 2.23 bits per heavy atom. The molecule has 2 aliphatic heterocycles. The second-order valence-corrected chi connectivity index (χ2v) is 9.99. The third-order valence-electron chi connectivity index (χ3n) is 7.87. The van der Waals surface area contributed by atoms with Crippen molar-refractivity contribution in [2.75, 3.05) is 19.1 Å². The molecule has 0 N–H and O–H groups in total. The topological polar surface area (TPSA) is 125 Å². The molecule has 3 aromatic rings. The van der Waals surface area contributed by atoms with Crippen molar-refractivity contribution < 1.29 is 33.5 Å². The van der Waals surface area contributed by atoms with E-state index < -0.39 is 52.1 Å². The number of nitro groups is 1. The number of rotatable bonds is 5. The average molecular weight is 541 g/mol. The lowest BCUT2D eigenvalue weighted by molar-refractivity contribution is -0.384. The normalized spacial score (nSPS) is 23.0. The van der Waals surface area contributed by atoms with Crippen molar-refractivity contribution >= 4 is 34.7 Å².